The van der Waals surface area contributed by atoms with Crippen molar-refractivity contribution >= 4 is 0 Å². The normalized spacial score (nSPS) is 10.2. The maximum atomic E-state index is 5.29. The number of allylic oxidation sites excluding steroid dienone is 1. The Hall–Kier alpha value is -1.48. The van der Waals surface area contributed by atoms with Gasteiger partial charge in [0, 0.05) is 6.54 Å². The van der Waals surface area contributed by atoms with Crippen molar-refractivity contribution in [3.05, 3.63) is 36.4 Å². The fourth-order valence-corrected chi connectivity index (χ4v) is 1.94. The van der Waals surface area contributed by atoms with Gasteiger partial charge in [-0.2, -0.15) is 0 Å². The first kappa shape index (κ1) is 15.6. The number of hydrogen-bond donors (Lipinski definition) is 1. The summed E-state index contributed by atoms with van der Waals surface area (Å²) < 4.78 is 10.5. The fraction of sp³-hybridized carbons (Fsp3) is 0.500. The molecular formula is C16H25NO2. The summed E-state index contributed by atoms with van der Waals surface area (Å²) in [6.45, 7) is 5.64. The predicted molar refractivity (Wildman–Crippen MR) is 79.9 cm³/mol. The van der Waals surface area contributed by atoms with Crippen LogP contribution in [0.3, 0.4) is 0 Å². The summed E-state index contributed by atoms with van der Waals surface area (Å²) in [5, 5.41) is 3.45. The van der Waals surface area contributed by atoms with E-state index in [-0.39, 0.29) is 0 Å². The lowest BCUT2D eigenvalue weighted by Gasteiger charge is -2.10. The molecule has 3 nitrogen and oxygen atoms in total. The maximum absolute atomic E-state index is 5.29. The Morgan fingerprint density at radius 2 is 1.89 bits per heavy atom. The second-order valence-corrected chi connectivity index (χ2v) is 4.50. The van der Waals surface area contributed by atoms with Crippen LogP contribution in [0.5, 0.6) is 11.5 Å². The van der Waals surface area contributed by atoms with Crippen molar-refractivity contribution in [1.29, 1.82) is 0 Å². The third-order valence-electron chi connectivity index (χ3n) is 3.04. The van der Waals surface area contributed by atoms with E-state index >= 15 is 0 Å². The standard InChI is InChI=1S/C16H25NO2/c1-4-5-6-7-8-11-17-13-14-9-10-15(18-2)16(12-14)19-3/h4,9-10,12,17H,1,5-8,11,13H2,2-3H3. The van der Waals surface area contributed by atoms with Gasteiger partial charge in [0.05, 0.1) is 14.2 Å². The number of nitrogens with one attached hydrogen (secondary N) is 1. The molecule has 1 rings (SSSR count). The van der Waals surface area contributed by atoms with Crippen molar-refractivity contribution in [2.75, 3.05) is 20.8 Å². The van der Waals surface area contributed by atoms with Gasteiger partial charge in [-0.1, -0.05) is 18.6 Å². The van der Waals surface area contributed by atoms with Gasteiger partial charge >= 0.3 is 0 Å². The largest absolute Gasteiger partial charge is 0.493 e. The van der Waals surface area contributed by atoms with E-state index in [9.17, 15) is 0 Å². The van der Waals surface area contributed by atoms with Gasteiger partial charge in [0.2, 0.25) is 0 Å². The van der Waals surface area contributed by atoms with Crippen molar-refractivity contribution in [3.63, 3.8) is 0 Å². The van der Waals surface area contributed by atoms with E-state index in [1.165, 1.54) is 24.8 Å². The van der Waals surface area contributed by atoms with Gasteiger partial charge in [0.15, 0.2) is 11.5 Å². The molecule has 0 saturated heterocycles. The van der Waals surface area contributed by atoms with E-state index < -0.39 is 0 Å². The van der Waals surface area contributed by atoms with Crippen molar-refractivity contribution in [3.8, 4) is 11.5 Å². The van der Waals surface area contributed by atoms with Gasteiger partial charge in [0.25, 0.3) is 0 Å². The summed E-state index contributed by atoms with van der Waals surface area (Å²) in [5.41, 5.74) is 1.21. The van der Waals surface area contributed by atoms with E-state index in [4.69, 9.17) is 9.47 Å². The van der Waals surface area contributed by atoms with Crippen molar-refractivity contribution in [2.45, 2.75) is 32.2 Å². The van der Waals surface area contributed by atoms with Crippen LogP contribution < -0.4 is 14.8 Å². The molecule has 1 N–H and O–H groups in total. The minimum absolute atomic E-state index is 0.774. The minimum atomic E-state index is 0.774. The molecule has 3 heteroatoms. The average Bonchev–Trinajstić information content (AvgIpc) is 2.46. The van der Waals surface area contributed by atoms with E-state index in [0.29, 0.717) is 0 Å². The molecule has 0 fully saturated rings. The van der Waals surface area contributed by atoms with Gasteiger partial charge in [-0.3, -0.25) is 0 Å². The molecule has 0 saturated carbocycles. The fourth-order valence-electron chi connectivity index (χ4n) is 1.94. The summed E-state index contributed by atoms with van der Waals surface area (Å²) >= 11 is 0. The maximum Gasteiger partial charge on any atom is 0.161 e. The summed E-state index contributed by atoms with van der Waals surface area (Å²) in [6, 6.07) is 6.02. The Morgan fingerprint density at radius 3 is 2.58 bits per heavy atom. The Kier molecular flexibility index (Phi) is 7.75. The molecule has 0 atom stereocenters. The van der Waals surface area contributed by atoms with Crippen LogP contribution in [0.15, 0.2) is 30.9 Å². The predicted octanol–water partition coefficient (Wildman–Crippen LogP) is 3.54. The number of rotatable bonds is 10. The lowest BCUT2D eigenvalue weighted by molar-refractivity contribution is 0.354. The number of methoxy groups -OCH3 is 2. The van der Waals surface area contributed by atoms with Crippen LogP contribution in [0.1, 0.15) is 31.2 Å². The molecule has 0 aromatic heterocycles. The average molecular weight is 263 g/mol. The lowest BCUT2D eigenvalue weighted by Crippen LogP contribution is -2.14. The third kappa shape index (κ3) is 5.79. The summed E-state index contributed by atoms with van der Waals surface area (Å²) in [7, 11) is 3.31. The summed E-state index contributed by atoms with van der Waals surface area (Å²) in [5.74, 6) is 1.56. The van der Waals surface area contributed by atoms with E-state index in [1.54, 1.807) is 14.2 Å². The molecule has 0 unspecified atom stereocenters. The Labute approximate surface area is 116 Å². The Bertz CT molecular complexity index is 377. The van der Waals surface area contributed by atoms with Crippen molar-refractivity contribution < 1.29 is 9.47 Å². The topological polar surface area (TPSA) is 30.5 Å². The highest BCUT2D eigenvalue weighted by Crippen LogP contribution is 2.27. The molecule has 0 bridgehead atoms. The molecule has 0 aliphatic rings. The smallest absolute Gasteiger partial charge is 0.161 e. The zero-order chi connectivity index (χ0) is 13.9. The second-order valence-electron chi connectivity index (χ2n) is 4.50. The van der Waals surface area contributed by atoms with Crippen LogP contribution in [0, 0.1) is 0 Å². The van der Waals surface area contributed by atoms with Crippen molar-refractivity contribution in [1.82, 2.24) is 5.32 Å². The number of unbranched alkanes of at least 4 members (excludes halogenated alkanes) is 3. The van der Waals surface area contributed by atoms with E-state index in [0.717, 1.165) is 31.0 Å². The van der Waals surface area contributed by atoms with Gasteiger partial charge in [-0.05, 0) is 43.5 Å². The molecule has 0 amide bonds. The summed E-state index contributed by atoms with van der Waals surface area (Å²) in [4.78, 5) is 0. The second kappa shape index (κ2) is 9.45. The Morgan fingerprint density at radius 1 is 1.11 bits per heavy atom. The first-order chi connectivity index (χ1) is 9.31. The number of benzene rings is 1. The summed E-state index contributed by atoms with van der Waals surface area (Å²) in [6.07, 6.45) is 6.81. The first-order valence-corrected chi connectivity index (χ1v) is 6.84. The van der Waals surface area contributed by atoms with E-state index in [2.05, 4.69) is 18.0 Å². The quantitative estimate of drug-likeness (QED) is 0.517. The zero-order valence-electron chi connectivity index (χ0n) is 12.1. The molecule has 0 heterocycles. The molecule has 0 spiro atoms. The van der Waals surface area contributed by atoms with Gasteiger partial charge in [-0.15, -0.1) is 6.58 Å². The SMILES string of the molecule is C=CCCCCCNCc1ccc(OC)c(OC)c1. The highest BCUT2D eigenvalue weighted by Gasteiger charge is 2.03. The van der Waals surface area contributed by atoms with E-state index in [1.807, 2.05) is 18.2 Å². The van der Waals surface area contributed by atoms with Crippen LogP contribution in [-0.4, -0.2) is 20.8 Å². The van der Waals surface area contributed by atoms with Gasteiger partial charge in [0.1, 0.15) is 0 Å². The molecular weight excluding hydrogens is 238 g/mol. The molecule has 0 aliphatic carbocycles. The minimum Gasteiger partial charge on any atom is -0.493 e. The van der Waals surface area contributed by atoms with Crippen LogP contribution in [0.4, 0.5) is 0 Å². The van der Waals surface area contributed by atoms with Gasteiger partial charge < -0.3 is 14.8 Å². The zero-order valence-corrected chi connectivity index (χ0v) is 12.1. The van der Waals surface area contributed by atoms with Gasteiger partial charge in [-0.25, -0.2) is 0 Å². The van der Waals surface area contributed by atoms with Crippen LogP contribution in [0.25, 0.3) is 0 Å². The lowest BCUT2D eigenvalue weighted by atomic mass is 10.1. The monoisotopic (exact) mass is 263 g/mol. The molecule has 1 aromatic carbocycles. The molecule has 19 heavy (non-hydrogen) atoms. The first-order valence-electron chi connectivity index (χ1n) is 6.84. The molecule has 0 radical (unpaired) electrons. The van der Waals surface area contributed by atoms with Crippen molar-refractivity contribution in [2.24, 2.45) is 0 Å². The molecule has 0 aliphatic heterocycles. The van der Waals surface area contributed by atoms with Crippen LogP contribution >= 0.6 is 0 Å². The highest BCUT2D eigenvalue weighted by atomic mass is 16.5. The molecule has 1 aromatic rings. The Balaban J connectivity index is 2.27. The third-order valence-corrected chi connectivity index (χ3v) is 3.04. The molecule has 106 valence electrons. The van der Waals surface area contributed by atoms with Crippen LogP contribution in [0.2, 0.25) is 0 Å². The van der Waals surface area contributed by atoms with Crippen LogP contribution in [-0.2, 0) is 6.54 Å². The highest BCUT2D eigenvalue weighted by molar-refractivity contribution is 5.42. The number of hydrogen-bond acceptors (Lipinski definition) is 3. The number of ether oxygens (including phenoxy) is 2.